The second kappa shape index (κ2) is 6.79. The zero-order chi connectivity index (χ0) is 18.1. The van der Waals surface area contributed by atoms with Crippen LogP contribution in [0.3, 0.4) is 0 Å². The summed E-state index contributed by atoms with van der Waals surface area (Å²) in [5.41, 5.74) is 3.63. The highest BCUT2D eigenvalue weighted by Crippen LogP contribution is 2.50. The number of benzene rings is 2. The van der Waals surface area contributed by atoms with Crippen molar-refractivity contribution in [2.45, 2.75) is 44.9 Å². The number of nitrogens with one attached hydrogen (secondary N) is 1. The summed E-state index contributed by atoms with van der Waals surface area (Å²) in [6.45, 7) is 4.92. The van der Waals surface area contributed by atoms with Crippen molar-refractivity contribution in [3.63, 3.8) is 0 Å². The Balaban J connectivity index is 1.38. The van der Waals surface area contributed by atoms with Crippen molar-refractivity contribution in [2.75, 3.05) is 11.9 Å². The van der Waals surface area contributed by atoms with E-state index in [4.69, 9.17) is 4.74 Å². The van der Waals surface area contributed by atoms with Gasteiger partial charge in [0.15, 0.2) is 0 Å². The molecule has 1 heterocycles. The topological polar surface area (TPSA) is 38.3 Å². The van der Waals surface area contributed by atoms with Gasteiger partial charge in [-0.25, -0.2) is 0 Å². The number of hydrogen-bond acceptors (Lipinski definition) is 2. The summed E-state index contributed by atoms with van der Waals surface area (Å²) in [7, 11) is 0. The first-order valence-electron chi connectivity index (χ1n) is 9.67. The lowest BCUT2D eigenvalue weighted by atomic mass is 9.65. The van der Waals surface area contributed by atoms with E-state index in [-0.39, 0.29) is 17.2 Å². The molecule has 4 rings (SSSR count). The van der Waals surface area contributed by atoms with Crippen LogP contribution in [0.5, 0.6) is 5.75 Å². The Morgan fingerprint density at radius 1 is 1.12 bits per heavy atom. The molecular weight excluding hydrogens is 322 g/mol. The predicted molar refractivity (Wildman–Crippen MR) is 105 cm³/mol. The van der Waals surface area contributed by atoms with Crippen LogP contribution in [0.1, 0.15) is 43.7 Å². The third-order valence-corrected chi connectivity index (χ3v) is 6.39. The number of rotatable bonds is 3. The van der Waals surface area contributed by atoms with Crippen LogP contribution < -0.4 is 10.1 Å². The molecule has 0 unspecified atom stereocenters. The molecule has 2 aliphatic rings. The lowest BCUT2D eigenvalue weighted by molar-refractivity contribution is -0.121. The first kappa shape index (κ1) is 17.1. The van der Waals surface area contributed by atoms with Crippen LogP contribution in [0, 0.1) is 18.8 Å². The smallest absolute Gasteiger partial charge is 0.227 e. The molecule has 0 radical (unpaired) electrons. The van der Waals surface area contributed by atoms with Gasteiger partial charge >= 0.3 is 0 Å². The van der Waals surface area contributed by atoms with Crippen molar-refractivity contribution in [3.8, 4) is 5.75 Å². The van der Waals surface area contributed by atoms with Gasteiger partial charge in [0.2, 0.25) is 5.91 Å². The van der Waals surface area contributed by atoms with E-state index in [0.29, 0.717) is 5.92 Å². The number of para-hydroxylation sites is 1. The normalized spacial score (nSPS) is 25.4. The fraction of sp³-hybridized carbons (Fsp3) is 0.435. The monoisotopic (exact) mass is 349 g/mol. The van der Waals surface area contributed by atoms with Crippen LogP contribution in [-0.4, -0.2) is 12.5 Å². The number of hydrogen-bond donors (Lipinski definition) is 1. The van der Waals surface area contributed by atoms with E-state index in [9.17, 15) is 4.79 Å². The predicted octanol–water partition coefficient (Wildman–Crippen LogP) is 5.09. The highest BCUT2D eigenvalue weighted by atomic mass is 16.5. The molecule has 1 fully saturated rings. The van der Waals surface area contributed by atoms with Gasteiger partial charge in [0.25, 0.3) is 0 Å². The summed E-state index contributed by atoms with van der Waals surface area (Å²) >= 11 is 0. The van der Waals surface area contributed by atoms with Gasteiger partial charge in [-0.05, 0) is 56.7 Å². The van der Waals surface area contributed by atoms with Crippen LogP contribution in [0.15, 0.2) is 48.5 Å². The van der Waals surface area contributed by atoms with Gasteiger partial charge in [0, 0.05) is 22.6 Å². The number of ether oxygens (including phenoxy) is 1. The van der Waals surface area contributed by atoms with Crippen LogP contribution in [0.2, 0.25) is 0 Å². The molecule has 1 atom stereocenters. The van der Waals surface area contributed by atoms with E-state index < -0.39 is 0 Å². The molecule has 1 aliphatic carbocycles. The summed E-state index contributed by atoms with van der Waals surface area (Å²) in [4.78, 5) is 12.7. The Morgan fingerprint density at radius 2 is 1.81 bits per heavy atom. The molecule has 0 saturated heterocycles. The Kier molecular flexibility index (Phi) is 4.47. The molecule has 2 aromatic rings. The maximum Gasteiger partial charge on any atom is 0.227 e. The first-order chi connectivity index (χ1) is 12.6. The second-order valence-electron chi connectivity index (χ2n) is 8.05. The number of carbonyl (C=O) groups excluding carboxylic acids is 1. The lowest BCUT2D eigenvalue weighted by Crippen LogP contribution is -2.37. The van der Waals surface area contributed by atoms with Crippen molar-refractivity contribution in [2.24, 2.45) is 11.8 Å². The maximum absolute atomic E-state index is 12.7. The number of carbonyl (C=O) groups is 1. The highest BCUT2D eigenvalue weighted by molar-refractivity contribution is 5.92. The third kappa shape index (κ3) is 3.11. The van der Waals surface area contributed by atoms with Gasteiger partial charge in [-0.1, -0.05) is 42.8 Å². The Bertz CT molecular complexity index is 788. The fourth-order valence-corrected chi connectivity index (χ4v) is 4.54. The van der Waals surface area contributed by atoms with Crippen molar-refractivity contribution in [3.05, 3.63) is 59.7 Å². The molecule has 1 amide bonds. The first-order valence-corrected chi connectivity index (χ1v) is 9.67. The summed E-state index contributed by atoms with van der Waals surface area (Å²) in [6.07, 6.45) is 4.38. The number of amides is 1. The SMILES string of the molecule is Cc1ccc(NC(=O)[C@@H](C)C2CCC3(CC2)COc2ccccc23)cc1. The maximum atomic E-state index is 12.7. The molecule has 1 aliphatic heterocycles. The molecule has 2 aromatic carbocycles. The molecule has 3 heteroatoms. The van der Waals surface area contributed by atoms with Crippen LogP contribution in [0.4, 0.5) is 5.69 Å². The molecule has 26 heavy (non-hydrogen) atoms. The van der Waals surface area contributed by atoms with E-state index in [0.717, 1.165) is 43.7 Å². The highest BCUT2D eigenvalue weighted by Gasteiger charge is 2.44. The van der Waals surface area contributed by atoms with Gasteiger partial charge in [0.05, 0.1) is 6.61 Å². The van der Waals surface area contributed by atoms with E-state index >= 15 is 0 Å². The minimum atomic E-state index is 0.0335. The third-order valence-electron chi connectivity index (χ3n) is 6.39. The molecule has 136 valence electrons. The zero-order valence-corrected chi connectivity index (χ0v) is 15.6. The van der Waals surface area contributed by atoms with Gasteiger partial charge < -0.3 is 10.1 Å². The number of anilines is 1. The quantitative estimate of drug-likeness (QED) is 0.838. The Labute approximate surface area is 155 Å². The molecular formula is C23H27NO2. The number of fused-ring (bicyclic) bond motifs is 2. The molecule has 3 nitrogen and oxygen atoms in total. The minimum absolute atomic E-state index is 0.0335. The largest absolute Gasteiger partial charge is 0.492 e. The zero-order valence-electron chi connectivity index (χ0n) is 15.6. The average Bonchev–Trinajstić information content (AvgIpc) is 3.02. The van der Waals surface area contributed by atoms with Gasteiger partial charge in [-0.2, -0.15) is 0 Å². The van der Waals surface area contributed by atoms with Gasteiger partial charge in [0.1, 0.15) is 5.75 Å². The standard InChI is InChI=1S/C23H27NO2/c1-16-7-9-19(10-8-16)24-22(25)17(2)18-11-13-23(14-12-18)15-26-21-6-4-3-5-20(21)23/h3-10,17-18H,11-15H2,1-2H3,(H,24,25)/t17-,18?,23?/m0/s1. The minimum Gasteiger partial charge on any atom is -0.492 e. The average molecular weight is 349 g/mol. The van der Waals surface area contributed by atoms with Crippen molar-refractivity contribution in [1.82, 2.24) is 0 Å². The molecule has 1 spiro atoms. The van der Waals surface area contributed by atoms with Crippen LogP contribution in [0.25, 0.3) is 0 Å². The summed E-state index contributed by atoms with van der Waals surface area (Å²) in [6, 6.07) is 16.5. The fourth-order valence-electron chi connectivity index (χ4n) is 4.54. The molecule has 1 N–H and O–H groups in total. The van der Waals surface area contributed by atoms with Gasteiger partial charge in [-0.3, -0.25) is 4.79 Å². The van der Waals surface area contributed by atoms with Crippen molar-refractivity contribution < 1.29 is 9.53 Å². The molecule has 0 bridgehead atoms. The van der Waals surface area contributed by atoms with E-state index in [1.807, 2.05) is 30.3 Å². The summed E-state index contributed by atoms with van der Waals surface area (Å²) in [5.74, 6) is 1.67. The van der Waals surface area contributed by atoms with Crippen LogP contribution >= 0.6 is 0 Å². The summed E-state index contributed by atoms with van der Waals surface area (Å²) in [5, 5.41) is 3.08. The van der Waals surface area contributed by atoms with E-state index in [2.05, 4.69) is 37.4 Å². The Morgan fingerprint density at radius 3 is 2.54 bits per heavy atom. The Hall–Kier alpha value is -2.29. The lowest BCUT2D eigenvalue weighted by Gasteiger charge is -2.38. The van der Waals surface area contributed by atoms with Crippen molar-refractivity contribution >= 4 is 11.6 Å². The molecule has 1 saturated carbocycles. The van der Waals surface area contributed by atoms with Gasteiger partial charge in [-0.15, -0.1) is 0 Å². The van der Waals surface area contributed by atoms with Crippen molar-refractivity contribution in [1.29, 1.82) is 0 Å². The van der Waals surface area contributed by atoms with E-state index in [1.54, 1.807) is 0 Å². The molecule has 0 aromatic heterocycles. The second-order valence-corrected chi connectivity index (χ2v) is 8.05. The van der Waals surface area contributed by atoms with E-state index in [1.165, 1.54) is 11.1 Å². The van der Waals surface area contributed by atoms with Crippen LogP contribution in [-0.2, 0) is 10.2 Å². The summed E-state index contributed by atoms with van der Waals surface area (Å²) < 4.78 is 5.94. The number of aryl methyl sites for hydroxylation is 1.